The average molecular weight is 597 g/mol. The van der Waals surface area contributed by atoms with E-state index in [4.69, 9.17) is 0 Å². The molecule has 0 atom stereocenters. The standard InChI is InChI=1S/C42H34N2.C2H6/c1-41(2)35-16-10-8-14-29(35)30-20-18-26(22-36(30)41)43-27-19-21-31-33-25-40-34(24-38(33)42(3,4)37(31)23-27)32-15-9-11-17-39(32)44(40)28-12-6-5-7-13-28;1-2/h5-25,43H,1-4H3;1-2H3. The first-order valence-corrected chi connectivity index (χ1v) is 16.6. The second kappa shape index (κ2) is 10.2. The second-order valence-electron chi connectivity index (χ2n) is 13.5. The lowest BCUT2D eigenvalue weighted by atomic mass is 9.82. The number of hydrogen-bond donors (Lipinski definition) is 1. The zero-order chi connectivity index (χ0) is 31.8. The van der Waals surface area contributed by atoms with E-state index in [1.807, 2.05) is 13.8 Å². The molecule has 1 aromatic heterocycles. The van der Waals surface area contributed by atoms with Crippen LogP contribution in [0.4, 0.5) is 11.4 Å². The Morgan fingerprint density at radius 1 is 0.435 bits per heavy atom. The normalized spacial score (nSPS) is 14.7. The number of hydrogen-bond acceptors (Lipinski definition) is 1. The molecule has 0 spiro atoms. The van der Waals surface area contributed by atoms with Crippen molar-refractivity contribution in [3.63, 3.8) is 0 Å². The summed E-state index contributed by atoms with van der Waals surface area (Å²) in [4.78, 5) is 0. The van der Waals surface area contributed by atoms with Crippen LogP contribution < -0.4 is 5.32 Å². The molecule has 0 aliphatic heterocycles. The van der Waals surface area contributed by atoms with Gasteiger partial charge in [0.2, 0.25) is 0 Å². The minimum atomic E-state index is -0.117. The van der Waals surface area contributed by atoms with Crippen LogP contribution in [-0.4, -0.2) is 4.57 Å². The summed E-state index contributed by atoms with van der Waals surface area (Å²) in [7, 11) is 0. The molecule has 1 heterocycles. The van der Waals surface area contributed by atoms with Crippen LogP contribution >= 0.6 is 0 Å². The molecule has 1 N–H and O–H groups in total. The fourth-order valence-corrected chi connectivity index (χ4v) is 8.08. The van der Waals surface area contributed by atoms with Gasteiger partial charge in [-0.3, -0.25) is 0 Å². The predicted octanol–water partition coefficient (Wildman–Crippen LogP) is 12.2. The second-order valence-corrected chi connectivity index (χ2v) is 13.5. The molecule has 0 bridgehead atoms. The van der Waals surface area contributed by atoms with Crippen LogP contribution in [0.5, 0.6) is 0 Å². The van der Waals surface area contributed by atoms with Gasteiger partial charge in [0.15, 0.2) is 0 Å². The fraction of sp³-hybridized carbons (Fsp3) is 0.182. The van der Waals surface area contributed by atoms with Crippen molar-refractivity contribution in [1.29, 1.82) is 0 Å². The average Bonchev–Trinajstić information content (AvgIpc) is 3.62. The summed E-state index contributed by atoms with van der Waals surface area (Å²) in [6.45, 7) is 13.4. The first-order valence-electron chi connectivity index (χ1n) is 16.6. The molecule has 0 saturated heterocycles. The largest absolute Gasteiger partial charge is 0.356 e. The Bertz CT molecular complexity index is 2300. The molecular formula is C44H40N2. The quantitative estimate of drug-likeness (QED) is 0.215. The van der Waals surface area contributed by atoms with Crippen molar-refractivity contribution < 1.29 is 0 Å². The summed E-state index contributed by atoms with van der Waals surface area (Å²) in [6, 6.07) is 47.0. The Morgan fingerprint density at radius 2 is 0.978 bits per heavy atom. The smallest absolute Gasteiger partial charge is 0.0547 e. The van der Waals surface area contributed by atoms with E-state index in [1.54, 1.807) is 0 Å². The van der Waals surface area contributed by atoms with Crippen LogP contribution in [0.3, 0.4) is 0 Å². The van der Waals surface area contributed by atoms with Gasteiger partial charge in [0.25, 0.3) is 0 Å². The van der Waals surface area contributed by atoms with E-state index >= 15 is 0 Å². The first kappa shape index (κ1) is 28.4. The molecule has 0 unspecified atom stereocenters. The number of anilines is 2. The van der Waals surface area contributed by atoms with Gasteiger partial charge >= 0.3 is 0 Å². The number of benzene rings is 6. The molecule has 0 fully saturated rings. The van der Waals surface area contributed by atoms with Gasteiger partial charge in [-0.05, 0) is 99.1 Å². The molecule has 2 heteroatoms. The minimum absolute atomic E-state index is 0.0160. The van der Waals surface area contributed by atoms with Crippen molar-refractivity contribution in [3.8, 4) is 27.9 Å². The molecular weight excluding hydrogens is 556 g/mol. The molecule has 0 saturated carbocycles. The van der Waals surface area contributed by atoms with Crippen LogP contribution in [0.25, 0.3) is 49.7 Å². The number of rotatable bonds is 3. The summed E-state index contributed by atoms with van der Waals surface area (Å²) in [5, 5.41) is 6.38. The van der Waals surface area contributed by atoms with Gasteiger partial charge in [0.1, 0.15) is 0 Å². The SMILES string of the molecule is CC.CC1(C)c2ccccc2-c2ccc(Nc3ccc4c(c3)C(C)(C)c3cc5c6ccccc6n(-c6ccccc6)c5cc3-4)cc21. The predicted molar refractivity (Wildman–Crippen MR) is 197 cm³/mol. The minimum Gasteiger partial charge on any atom is -0.356 e. The summed E-state index contributed by atoms with van der Waals surface area (Å²) < 4.78 is 2.42. The molecule has 0 amide bonds. The van der Waals surface area contributed by atoms with Crippen molar-refractivity contribution in [2.24, 2.45) is 0 Å². The number of aromatic nitrogens is 1. The monoisotopic (exact) mass is 596 g/mol. The number of para-hydroxylation sites is 2. The summed E-state index contributed by atoms with van der Waals surface area (Å²) in [5.74, 6) is 0. The molecule has 7 aromatic rings. The highest BCUT2D eigenvalue weighted by atomic mass is 15.0. The zero-order valence-electron chi connectivity index (χ0n) is 27.6. The Balaban J connectivity index is 0.00000153. The van der Waals surface area contributed by atoms with Gasteiger partial charge in [-0.1, -0.05) is 114 Å². The van der Waals surface area contributed by atoms with Gasteiger partial charge in [-0.25, -0.2) is 0 Å². The van der Waals surface area contributed by atoms with E-state index in [-0.39, 0.29) is 10.8 Å². The van der Waals surface area contributed by atoms with Crippen molar-refractivity contribution in [1.82, 2.24) is 4.57 Å². The maximum atomic E-state index is 3.77. The van der Waals surface area contributed by atoms with E-state index in [1.165, 1.54) is 72.0 Å². The Kier molecular flexibility index (Phi) is 6.31. The highest BCUT2D eigenvalue weighted by Crippen LogP contribution is 2.52. The molecule has 46 heavy (non-hydrogen) atoms. The Labute approximate surface area is 272 Å². The van der Waals surface area contributed by atoms with Crippen molar-refractivity contribution in [2.45, 2.75) is 52.4 Å². The van der Waals surface area contributed by atoms with E-state index < -0.39 is 0 Å². The van der Waals surface area contributed by atoms with Crippen molar-refractivity contribution in [2.75, 3.05) is 5.32 Å². The van der Waals surface area contributed by atoms with Crippen LogP contribution in [0.2, 0.25) is 0 Å². The Morgan fingerprint density at radius 3 is 1.70 bits per heavy atom. The molecule has 6 aromatic carbocycles. The van der Waals surface area contributed by atoms with E-state index in [2.05, 4.69) is 165 Å². The van der Waals surface area contributed by atoms with Gasteiger partial charge in [0.05, 0.1) is 11.0 Å². The highest BCUT2D eigenvalue weighted by molar-refractivity contribution is 6.11. The van der Waals surface area contributed by atoms with Crippen LogP contribution in [0.15, 0.2) is 127 Å². The van der Waals surface area contributed by atoms with E-state index in [0.717, 1.165) is 11.4 Å². The zero-order valence-corrected chi connectivity index (χ0v) is 27.6. The fourth-order valence-electron chi connectivity index (χ4n) is 8.08. The molecule has 0 radical (unpaired) electrons. The van der Waals surface area contributed by atoms with Crippen LogP contribution in [0.1, 0.15) is 63.8 Å². The number of nitrogens with one attached hydrogen (secondary N) is 1. The third-order valence-electron chi connectivity index (χ3n) is 10.4. The Hall–Kier alpha value is -5.08. The van der Waals surface area contributed by atoms with Gasteiger partial charge in [-0.2, -0.15) is 0 Å². The molecule has 9 rings (SSSR count). The lowest BCUT2D eigenvalue weighted by Crippen LogP contribution is -2.15. The van der Waals surface area contributed by atoms with Gasteiger partial charge < -0.3 is 9.88 Å². The lowest BCUT2D eigenvalue weighted by Gasteiger charge is -2.23. The van der Waals surface area contributed by atoms with Crippen molar-refractivity contribution >= 4 is 33.2 Å². The number of fused-ring (bicyclic) bond motifs is 9. The van der Waals surface area contributed by atoms with Crippen LogP contribution in [0, 0.1) is 0 Å². The summed E-state index contributed by atoms with van der Waals surface area (Å²) >= 11 is 0. The summed E-state index contributed by atoms with van der Waals surface area (Å²) in [6.07, 6.45) is 0. The third kappa shape index (κ3) is 3.96. The maximum absolute atomic E-state index is 3.77. The van der Waals surface area contributed by atoms with Gasteiger partial charge in [0, 0.05) is 38.7 Å². The first-order chi connectivity index (χ1) is 22.3. The molecule has 2 aliphatic rings. The third-order valence-corrected chi connectivity index (χ3v) is 10.4. The number of nitrogens with zero attached hydrogens (tertiary/aromatic N) is 1. The lowest BCUT2D eigenvalue weighted by molar-refractivity contribution is 0.660. The van der Waals surface area contributed by atoms with E-state index in [0.29, 0.717) is 0 Å². The highest BCUT2D eigenvalue weighted by Gasteiger charge is 2.37. The van der Waals surface area contributed by atoms with E-state index in [9.17, 15) is 0 Å². The summed E-state index contributed by atoms with van der Waals surface area (Å²) in [5.41, 5.74) is 16.7. The topological polar surface area (TPSA) is 17.0 Å². The molecule has 226 valence electrons. The maximum Gasteiger partial charge on any atom is 0.0547 e. The molecule has 2 nitrogen and oxygen atoms in total. The molecule has 2 aliphatic carbocycles. The van der Waals surface area contributed by atoms with Gasteiger partial charge in [-0.15, -0.1) is 0 Å². The van der Waals surface area contributed by atoms with Crippen molar-refractivity contribution in [3.05, 3.63) is 150 Å². The van der Waals surface area contributed by atoms with Crippen LogP contribution in [-0.2, 0) is 10.8 Å².